The van der Waals surface area contributed by atoms with Crippen LogP contribution in [0.5, 0.6) is 5.75 Å². The average Bonchev–Trinajstić information content (AvgIpc) is 3.12. The van der Waals surface area contributed by atoms with E-state index in [1.54, 1.807) is 19.1 Å². The lowest BCUT2D eigenvalue weighted by Gasteiger charge is -2.47. The molecule has 0 unspecified atom stereocenters. The highest BCUT2D eigenvalue weighted by atomic mass is 19.1. The Kier molecular flexibility index (Phi) is 4.64. The molecule has 1 aliphatic carbocycles. The minimum atomic E-state index is -0.761. The SMILES string of the molecule is Cc1cc(-n2c3c(c4c(O)cccc42)C2(CCC(C(=O)O)CC2)OCC3(C)C)ccc1F. The van der Waals surface area contributed by atoms with Gasteiger partial charge in [0.2, 0.25) is 0 Å². The van der Waals surface area contributed by atoms with E-state index in [0.717, 1.165) is 27.8 Å². The highest BCUT2D eigenvalue weighted by molar-refractivity contribution is 5.94. The topological polar surface area (TPSA) is 71.7 Å². The van der Waals surface area contributed by atoms with Crippen molar-refractivity contribution < 1.29 is 24.1 Å². The van der Waals surface area contributed by atoms with E-state index >= 15 is 0 Å². The third-order valence-electron chi connectivity index (χ3n) is 7.32. The summed E-state index contributed by atoms with van der Waals surface area (Å²) < 4.78 is 22.8. The Morgan fingerprint density at radius 3 is 2.56 bits per heavy atom. The predicted molar refractivity (Wildman–Crippen MR) is 120 cm³/mol. The molecule has 2 aromatic carbocycles. The van der Waals surface area contributed by atoms with Gasteiger partial charge in [-0.2, -0.15) is 0 Å². The van der Waals surface area contributed by atoms with Crippen molar-refractivity contribution in [2.24, 2.45) is 5.92 Å². The quantitative estimate of drug-likeness (QED) is 0.550. The highest BCUT2D eigenvalue weighted by Crippen LogP contribution is 2.55. The largest absolute Gasteiger partial charge is 0.507 e. The second-order valence-corrected chi connectivity index (χ2v) is 9.94. The second-order valence-electron chi connectivity index (χ2n) is 9.94. The minimum absolute atomic E-state index is 0.178. The number of carbonyl (C=O) groups is 1. The number of halogens is 1. The fraction of sp³-hybridized carbons (Fsp3) is 0.423. The molecule has 1 aliphatic heterocycles. The maximum absolute atomic E-state index is 14.1. The van der Waals surface area contributed by atoms with Gasteiger partial charge in [0.1, 0.15) is 11.6 Å². The van der Waals surface area contributed by atoms with Crippen LogP contribution in [0.15, 0.2) is 36.4 Å². The summed E-state index contributed by atoms with van der Waals surface area (Å²) in [7, 11) is 0. The van der Waals surface area contributed by atoms with Crippen molar-refractivity contribution in [1.82, 2.24) is 4.57 Å². The average molecular weight is 438 g/mol. The number of aromatic hydroxyl groups is 1. The Labute approximate surface area is 186 Å². The van der Waals surface area contributed by atoms with Crippen molar-refractivity contribution in [1.29, 1.82) is 0 Å². The molecule has 1 spiro atoms. The predicted octanol–water partition coefficient (Wildman–Crippen LogP) is 5.56. The van der Waals surface area contributed by atoms with E-state index in [1.807, 2.05) is 18.2 Å². The summed E-state index contributed by atoms with van der Waals surface area (Å²) in [5.74, 6) is -1.21. The molecule has 32 heavy (non-hydrogen) atoms. The van der Waals surface area contributed by atoms with Gasteiger partial charge in [-0.05, 0) is 68.5 Å². The lowest BCUT2D eigenvalue weighted by atomic mass is 9.69. The van der Waals surface area contributed by atoms with Gasteiger partial charge in [-0.1, -0.05) is 19.9 Å². The summed E-state index contributed by atoms with van der Waals surface area (Å²) in [4.78, 5) is 11.6. The van der Waals surface area contributed by atoms with Gasteiger partial charge in [0, 0.05) is 27.7 Å². The molecule has 0 radical (unpaired) electrons. The first-order valence-corrected chi connectivity index (χ1v) is 11.2. The molecule has 2 aliphatic rings. The van der Waals surface area contributed by atoms with E-state index < -0.39 is 11.6 Å². The smallest absolute Gasteiger partial charge is 0.306 e. The zero-order chi connectivity index (χ0) is 22.8. The Balaban J connectivity index is 1.82. The monoisotopic (exact) mass is 437 g/mol. The third kappa shape index (κ3) is 2.96. The molecule has 5 nitrogen and oxygen atoms in total. The molecule has 2 N–H and O–H groups in total. The van der Waals surface area contributed by atoms with Gasteiger partial charge in [-0.15, -0.1) is 0 Å². The van der Waals surface area contributed by atoms with Crippen molar-refractivity contribution >= 4 is 16.9 Å². The number of hydrogen-bond donors (Lipinski definition) is 2. The standard InChI is InChI=1S/C26H28FNO4/c1-15-13-17(7-8-18(15)27)28-19-5-4-6-20(29)21(19)22-23(28)25(2,3)14-32-26(22)11-9-16(10-12-26)24(30)31/h4-8,13,16,29H,9-12,14H2,1-3H3,(H,30,31). The fourth-order valence-electron chi connectivity index (χ4n) is 5.63. The first kappa shape index (κ1) is 21.0. The van der Waals surface area contributed by atoms with Crippen LogP contribution >= 0.6 is 0 Å². The fourth-order valence-corrected chi connectivity index (χ4v) is 5.63. The summed E-state index contributed by atoms with van der Waals surface area (Å²) >= 11 is 0. The van der Waals surface area contributed by atoms with Crippen LogP contribution in [0.25, 0.3) is 16.6 Å². The van der Waals surface area contributed by atoms with E-state index in [4.69, 9.17) is 4.74 Å². The van der Waals surface area contributed by atoms with Crippen LogP contribution in [0.4, 0.5) is 4.39 Å². The van der Waals surface area contributed by atoms with Crippen LogP contribution in [0.3, 0.4) is 0 Å². The number of benzene rings is 2. The summed E-state index contributed by atoms with van der Waals surface area (Å²) in [5, 5.41) is 21.2. The number of carboxylic acids is 1. The number of rotatable bonds is 2. The Morgan fingerprint density at radius 2 is 1.91 bits per heavy atom. The number of hydrogen-bond acceptors (Lipinski definition) is 3. The lowest BCUT2D eigenvalue weighted by molar-refractivity contribution is -0.149. The first-order chi connectivity index (χ1) is 15.1. The summed E-state index contributed by atoms with van der Waals surface area (Å²) in [5.41, 5.74) is 3.23. The Morgan fingerprint density at radius 1 is 1.19 bits per heavy atom. The van der Waals surface area contributed by atoms with Gasteiger partial charge in [-0.25, -0.2) is 4.39 Å². The van der Waals surface area contributed by atoms with E-state index in [-0.39, 0.29) is 22.9 Å². The first-order valence-electron chi connectivity index (χ1n) is 11.2. The summed E-state index contributed by atoms with van der Waals surface area (Å²) in [6.45, 7) is 6.46. The van der Waals surface area contributed by atoms with Crippen LogP contribution in [-0.2, 0) is 20.5 Å². The number of phenolic OH excluding ortho intramolecular Hbond substituents is 1. The maximum atomic E-state index is 14.1. The van der Waals surface area contributed by atoms with Crippen molar-refractivity contribution in [3.63, 3.8) is 0 Å². The van der Waals surface area contributed by atoms with Gasteiger partial charge in [0.15, 0.2) is 0 Å². The van der Waals surface area contributed by atoms with E-state index in [1.165, 1.54) is 6.07 Å². The molecule has 168 valence electrons. The minimum Gasteiger partial charge on any atom is -0.507 e. The third-order valence-corrected chi connectivity index (χ3v) is 7.32. The van der Waals surface area contributed by atoms with E-state index in [0.29, 0.717) is 37.9 Å². The number of aryl methyl sites for hydroxylation is 1. The van der Waals surface area contributed by atoms with Crippen molar-refractivity contribution in [2.75, 3.05) is 6.61 Å². The van der Waals surface area contributed by atoms with Gasteiger partial charge in [0.25, 0.3) is 0 Å². The molecule has 1 fully saturated rings. The molecular formula is C26H28FNO4. The Hall–Kier alpha value is -2.86. The zero-order valence-corrected chi connectivity index (χ0v) is 18.6. The molecule has 1 aromatic heterocycles. The molecule has 0 saturated heterocycles. The number of aromatic nitrogens is 1. The molecule has 2 heterocycles. The number of ether oxygens (including phenoxy) is 1. The normalized spacial score (nSPS) is 24.6. The lowest BCUT2D eigenvalue weighted by Crippen LogP contribution is -2.46. The molecule has 3 aromatic rings. The Bertz CT molecular complexity index is 1230. The number of nitrogens with zero attached hydrogens (tertiary/aromatic N) is 1. The molecular weight excluding hydrogens is 409 g/mol. The maximum Gasteiger partial charge on any atom is 0.306 e. The summed E-state index contributed by atoms with van der Waals surface area (Å²) in [6, 6.07) is 10.5. The van der Waals surface area contributed by atoms with Crippen LogP contribution in [0.1, 0.15) is 56.4 Å². The van der Waals surface area contributed by atoms with Crippen LogP contribution in [0.2, 0.25) is 0 Å². The summed E-state index contributed by atoms with van der Waals surface area (Å²) in [6.07, 6.45) is 2.24. The molecule has 5 rings (SSSR count). The van der Waals surface area contributed by atoms with Crippen LogP contribution in [-0.4, -0.2) is 27.4 Å². The van der Waals surface area contributed by atoms with Gasteiger partial charge >= 0.3 is 5.97 Å². The zero-order valence-electron chi connectivity index (χ0n) is 18.6. The van der Waals surface area contributed by atoms with Gasteiger partial charge in [-0.3, -0.25) is 4.79 Å². The van der Waals surface area contributed by atoms with Crippen molar-refractivity contribution in [3.8, 4) is 11.4 Å². The second kappa shape index (κ2) is 7.07. The number of aliphatic carboxylic acids is 1. The number of phenols is 1. The molecule has 0 amide bonds. The molecule has 6 heteroatoms. The van der Waals surface area contributed by atoms with Gasteiger partial charge < -0.3 is 19.5 Å². The van der Waals surface area contributed by atoms with Gasteiger partial charge in [0.05, 0.1) is 23.6 Å². The van der Waals surface area contributed by atoms with Crippen molar-refractivity contribution in [2.45, 2.75) is 57.5 Å². The number of fused-ring (bicyclic) bond motifs is 4. The van der Waals surface area contributed by atoms with Crippen LogP contribution in [0, 0.1) is 18.7 Å². The van der Waals surface area contributed by atoms with Crippen molar-refractivity contribution in [3.05, 3.63) is 59.0 Å². The molecule has 0 atom stereocenters. The molecule has 0 bridgehead atoms. The molecule has 1 saturated carbocycles. The number of carboxylic acid groups (broad SMARTS) is 1. The highest BCUT2D eigenvalue weighted by Gasteiger charge is 2.50. The van der Waals surface area contributed by atoms with Crippen LogP contribution < -0.4 is 0 Å². The van der Waals surface area contributed by atoms with E-state index in [2.05, 4.69) is 18.4 Å². The van der Waals surface area contributed by atoms with E-state index in [9.17, 15) is 19.4 Å².